The van der Waals surface area contributed by atoms with E-state index in [0.29, 0.717) is 19.1 Å². The number of amidine groups is 1. The fourth-order valence-corrected chi connectivity index (χ4v) is 3.48. The van der Waals surface area contributed by atoms with Crippen molar-refractivity contribution in [1.82, 2.24) is 4.90 Å². The molecule has 0 bridgehead atoms. The molecular weight excluding hydrogens is 296 g/mol. The molecule has 2 heterocycles. The van der Waals surface area contributed by atoms with Crippen LogP contribution in [0.25, 0.3) is 0 Å². The Morgan fingerprint density at radius 3 is 2.77 bits per heavy atom. The molecule has 1 aromatic carbocycles. The van der Waals surface area contributed by atoms with Gasteiger partial charge in [-0.3, -0.25) is 4.79 Å². The third-order valence-electron chi connectivity index (χ3n) is 3.92. The first-order chi connectivity index (χ1) is 10.7. The Labute approximate surface area is 135 Å². The number of morpholine rings is 1. The average Bonchev–Trinajstić information content (AvgIpc) is 2.95. The Hall–Kier alpha value is -1.59. The van der Waals surface area contributed by atoms with Gasteiger partial charge in [0, 0.05) is 13.1 Å². The number of allylic oxidation sites excluding steroid dienone is 1. The van der Waals surface area contributed by atoms with Crippen molar-refractivity contribution in [3.8, 4) is 0 Å². The Balaban J connectivity index is 1.60. The molecule has 0 aromatic heterocycles. The highest BCUT2D eigenvalue weighted by Gasteiger charge is 2.27. The van der Waals surface area contributed by atoms with Crippen LogP contribution in [0.4, 0.5) is 0 Å². The molecule has 0 saturated carbocycles. The van der Waals surface area contributed by atoms with Crippen LogP contribution in [0.3, 0.4) is 0 Å². The van der Waals surface area contributed by atoms with Gasteiger partial charge in [0.25, 0.3) is 5.91 Å². The number of hydrogen-bond donors (Lipinski definition) is 0. The summed E-state index contributed by atoms with van der Waals surface area (Å²) in [6.45, 7) is 5.22. The Kier molecular flexibility index (Phi) is 4.95. The van der Waals surface area contributed by atoms with Gasteiger partial charge < -0.3 is 9.64 Å². The molecule has 0 spiro atoms. The highest BCUT2D eigenvalue weighted by molar-refractivity contribution is 8.18. The summed E-state index contributed by atoms with van der Waals surface area (Å²) >= 11 is 1.49. The second-order valence-corrected chi connectivity index (χ2v) is 6.53. The fourth-order valence-electron chi connectivity index (χ4n) is 2.53. The Morgan fingerprint density at radius 1 is 1.32 bits per heavy atom. The number of hydrogen-bond acceptors (Lipinski definition) is 4. The third-order valence-corrected chi connectivity index (χ3v) is 5.01. The van der Waals surface area contributed by atoms with E-state index in [2.05, 4.69) is 28.9 Å². The number of aliphatic imine (C=N–C) groups is 1. The number of ether oxygens (including phenoxy) is 1. The van der Waals surface area contributed by atoms with Crippen molar-refractivity contribution in [2.24, 2.45) is 4.99 Å². The van der Waals surface area contributed by atoms with E-state index in [-0.39, 0.29) is 5.91 Å². The lowest BCUT2D eigenvalue weighted by Gasteiger charge is -2.27. The molecule has 0 radical (unpaired) electrons. The highest BCUT2D eigenvalue weighted by Crippen LogP contribution is 2.30. The number of amides is 1. The lowest BCUT2D eigenvalue weighted by atomic mass is 9.98. The Morgan fingerprint density at radius 2 is 2.05 bits per heavy atom. The van der Waals surface area contributed by atoms with Crippen molar-refractivity contribution in [3.05, 3.63) is 46.9 Å². The van der Waals surface area contributed by atoms with Gasteiger partial charge in [0.2, 0.25) is 0 Å². The maximum absolute atomic E-state index is 12.0. The first kappa shape index (κ1) is 15.3. The van der Waals surface area contributed by atoms with Crippen LogP contribution in [-0.2, 0) is 9.53 Å². The molecule has 1 unspecified atom stereocenters. The van der Waals surface area contributed by atoms with E-state index in [4.69, 9.17) is 4.74 Å². The van der Waals surface area contributed by atoms with Gasteiger partial charge in [-0.1, -0.05) is 43.3 Å². The smallest absolute Gasteiger partial charge is 0.285 e. The van der Waals surface area contributed by atoms with Crippen LogP contribution >= 0.6 is 11.8 Å². The minimum Gasteiger partial charge on any atom is -0.378 e. The maximum Gasteiger partial charge on any atom is 0.285 e. The zero-order chi connectivity index (χ0) is 15.4. The van der Waals surface area contributed by atoms with Gasteiger partial charge in [0.15, 0.2) is 5.17 Å². The lowest BCUT2D eigenvalue weighted by molar-refractivity contribution is -0.113. The van der Waals surface area contributed by atoms with E-state index in [9.17, 15) is 4.79 Å². The van der Waals surface area contributed by atoms with Crippen LogP contribution in [0, 0.1) is 0 Å². The van der Waals surface area contributed by atoms with Crippen molar-refractivity contribution in [3.63, 3.8) is 0 Å². The first-order valence-electron chi connectivity index (χ1n) is 7.62. The van der Waals surface area contributed by atoms with Gasteiger partial charge in [-0.05, 0) is 29.7 Å². The van der Waals surface area contributed by atoms with E-state index < -0.39 is 0 Å². The zero-order valence-corrected chi connectivity index (χ0v) is 13.5. The normalized spacial score (nSPS) is 22.0. The second-order valence-electron chi connectivity index (χ2n) is 5.52. The molecule has 1 atom stereocenters. The SMILES string of the molecule is CC(C/C=C1/SC(N2CCOCC2)=NC1=O)c1ccccc1. The molecular formula is C17H20N2O2S. The van der Waals surface area contributed by atoms with Crippen LogP contribution in [0.5, 0.6) is 0 Å². The number of nitrogens with zero attached hydrogens (tertiary/aromatic N) is 2. The summed E-state index contributed by atoms with van der Waals surface area (Å²) in [5.41, 5.74) is 1.30. The van der Waals surface area contributed by atoms with Gasteiger partial charge >= 0.3 is 0 Å². The molecule has 3 rings (SSSR count). The maximum atomic E-state index is 12.0. The van der Waals surface area contributed by atoms with Gasteiger partial charge in [0.1, 0.15) is 0 Å². The molecule has 22 heavy (non-hydrogen) atoms. The topological polar surface area (TPSA) is 41.9 Å². The summed E-state index contributed by atoms with van der Waals surface area (Å²) in [5, 5.41) is 0.826. The predicted octanol–water partition coefficient (Wildman–Crippen LogP) is 3.03. The van der Waals surface area contributed by atoms with Crippen molar-refractivity contribution in [2.45, 2.75) is 19.3 Å². The van der Waals surface area contributed by atoms with Crippen molar-refractivity contribution in [1.29, 1.82) is 0 Å². The molecule has 0 N–H and O–H groups in total. The fraction of sp³-hybridized carbons (Fsp3) is 0.412. The van der Waals surface area contributed by atoms with Crippen LogP contribution in [0.1, 0.15) is 24.8 Å². The molecule has 0 aliphatic carbocycles. The Bertz CT molecular complexity index is 592. The summed E-state index contributed by atoms with van der Waals surface area (Å²) in [5.74, 6) is 0.293. The lowest BCUT2D eigenvalue weighted by Crippen LogP contribution is -2.38. The van der Waals surface area contributed by atoms with E-state index in [1.807, 2.05) is 24.3 Å². The molecule has 1 saturated heterocycles. The summed E-state index contributed by atoms with van der Waals surface area (Å²) in [6, 6.07) is 10.4. The van der Waals surface area contributed by atoms with E-state index in [0.717, 1.165) is 29.6 Å². The molecule has 1 aromatic rings. The summed E-state index contributed by atoms with van der Waals surface area (Å²) in [7, 11) is 0. The third kappa shape index (κ3) is 3.59. The second kappa shape index (κ2) is 7.11. The summed E-state index contributed by atoms with van der Waals surface area (Å²) < 4.78 is 5.34. The molecule has 1 fully saturated rings. The van der Waals surface area contributed by atoms with Gasteiger partial charge in [-0.15, -0.1) is 0 Å². The van der Waals surface area contributed by atoms with Gasteiger partial charge in [-0.2, -0.15) is 4.99 Å². The molecule has 5 heteroatoms. The number of thioether (sulfide) groups is 1. The van der Waals surface area contributed by atoms with Gasteiger partial charge in [-0.25, -0.2) is 0 Å². The number of benzene rings is 1. The van der Waals surface area contributed by atoms with Gasteiger partial charge in [0.05, 0.1) is 18.1 Å². The molecule has 116 valence electrons. The number of carbonyl (C=O) groups excluding carboxylic acids is 1. The average molecular weight is 316 g/mol. The monoisotopic (exact) mass is 316 g/mol. The number of carbonyl (C=O) groups is 1. The van der Waals surface area contributed by atoms with Crippen molar-refractivity contribution < 1.29 is 9.53 Å². The first-order valence-corrected chi connectivity index (χ1v) is 8.44. The van der Waals surface area contributed by atoms with Crippen LogP contribution in [0.15, 0.2) is 46.3 Å². The van der Waals surface area contributed by atoms with Crippen LogP contribution < -0.4 is 0 Å². The van der Waals surface area contributed by atoms with Crippen LogP contribution in [-0.4, -0.2) is 42.3 Å². The molecule has 2 aliphatic heterocycles. The standard InChI is InChI=1S/C17H20N2O2S/c1-13(14-5-3-2-4-6-14)7-8-15-16(20)18-17(22-15)19-9-11-21-12-10-19/h2-6,8,13H,7,9-12H2,1H3/b15-8+. The van der Waals surface area contributed by atoms with Crippen molar-refractivity contribution >= 4 is 22.8 Å². The molecule has 1 amide bonds. The molecule has 4 nitrogen and oxygen atoms in total. The van der Waals surface area contributed by atoms with Crippen LogP contribution in [0.2, 0.25) is 0 Å². The van der Waals surface area contributed by atoms with E-state index in [1.165, 1.54) is 17.3 Å². The summed E-state index contributed by atoms with van der Waals surface area (Å²) in [4.78, 5) is 19.1. The quantitative estimate of drug-likeness (QED) is 0.804. The van der Waals surface area contributed by atoms with E-state index in [1.54, 1.807) is 0 Å². The predicted molar refractivity (Wildman–Crippen MR) is 90.0 cm³/mol. The molecule has 2 aliphatic rings. The van der Waals surface area contributed by atoms with E-state index >= 15 is 0 Å². The minimum atomic E-state index is -0.105. The highest BCUT2D eigenvalue weighted by atomic mass is 32.2. The number of rotatable bonds is 3. The largest absolute Gasteiger partial charge is 0.378 e. The minimum absolute atomic E-state index is 0.105. The summed E-state index contributed by atoms with van der Waals surface area (Å²) in [6.07, 6.45) is 2.88. The zero-order valence-electron chi connectivity index (χ0n) is 12.7. The van der Waals surface area contributed by atoms with Crippen molar-refractivity contribution in [2.75, 3.05) is 26.3 Å².